The number of hydrogen-bond donors (Lipinski definition) is 1. The maximum Gasteiger partial charge on any atom is 0.325 e. The molecular weight excluding hydrogens is 188 g/mol. The third-order valence-electron chi connectivity index (χ3n) is 2.53. The van der Waals surface area contributed by atoms with Crippen LogP contribution in [0, 0.1) is 6.92 Å². The Kier molecular flexibility index (Phi) is 2.46. The summed E-state index contributed by atoms with van der Waals surface area (Å²) in [6.45, 7) is 4.70. The largest absolute Gasteiger partial charge is 0.325 e. The zero-order chi connectivity index (χ0) is 10.8. The summed E-state index contributed by atoms with van der Waals surface area (Å²) in [6, 6.07) is 8.16. The number of nitrogens with zero attached hydrogens (tertiary/aromatic N) is 1. The van der Waals surface area contributed by atoms with E-state index >= 15 is 0 Å². The minimum atomic E-state index is -0.0481. The number of rotatable bonds is 2. The highest BCUT2D eigenvalue weighted by Crippen LogP contribution is 2.17. The van der Waals surface area contributed by atoms with E-state index in [1.807, 2.05) is 38.1 Å². The van der Waals surface area contributed by atoms with Gasteiger partial charge in [-0.1, -0.05) is 29.8 Å². The van der Waals surface area contributed by atoms with Crippen molar-refractivity contribution >= 4 is 0 Å². The summed E-state index contributed by atoms with van der Waals surface area (Å²) in [5.74, 6) is 0. The van der Waals surface area contributed by atoms with Crippen molar-refractivity contribution in [3.63, 3.8) is 0 Å². The lowest BCUT2D eigenvalue weighted by Gasteiger charge is -2.04. The third kappa shape index (κ3) is 1.73. The molecule has 1 heterocycles. The first kappa shape index (κ1) is 9.77. The normalized spacial score (nSPS) is 10.5. The molecule has 0 aliphatic rings. The fraction of sp³-hybridized carbons (Fsp3) is 0.250. The van der Waals surface area contributed by atoms with Gasteiger partial charge in [0.25, 0.3) is 0 Å². The van der Waals surface area contributed by atoms with Gasteiger partial charge in [-0.15, -0.1) is 0 Å². The number of nitrogens with one attached hydrogen (secondary N) is 1. The van der Waals surface area contributed by atoms with E-state index < -0.39 is 0 Å². The van der Waals surface area contributed by atoms with Crippen LogP contribution in [0.2, 0.25) is 0 Å². The summed E-state index contributed by atoms with van der Waals surface area (Å²) in [4.78, 5) is 14.1. The van der Waals surface area contributed by atoms with Crippen molar-refractivity contribution in [2.45, 2.75) is 20.4 Å². The van der Waals surface area contributed by atoms with Crippen molar-refractivity contribution < 1.29 is 0 Å². The van der Waals surface area contributed by atoms with Crippen molar-refractivity contribution in [1.29, 1.82) is 0 Å². The SMILES string of the molecule is CCn1c(-c2ccc(C)cc2)c[nH]c1=O. The lowest BCUT2D eigenvalue weighted by molar-refractivity contribution is 0.736. The molecule has 0 unspecified atom stereocenters. The number of aryl methyl sites for hydroxylation is 1. The van der Waals surface area contributed by atoms with Gasteiger partial charge in [0, 0.05) is 12.7 Å². The molecule has 3 heteroatoms. The Morgan fingerprint density at radius 2 is 1.93 bits per heavy atom. The first-order valence-corrected chi connectivity index (χ1v) is 5.07. The highest BCUT2D eigenvalue weighted by Gasteiger charge is 2.05. The predicted octanol–water partition coefficient (Wildman–Crippen LogP) is 2.17. The van der Waals surface area contributed by atoms with E-state index in [0.717, 1.165) is 11.3 Å². The minimum absolute atomic E-state index is 0.0481. The third-order valence-corrected chi connectivity index (χ3v) is 2.53. The molecule has 0 saturated heterocycles. The van der Waals surface area contributed by atoms with Crippen LogP contribution >= 0.6 is 0 Å². The zero-order valence-corrected chi connectivity index (χ0v) is 8.95. The van der Waals surface area contributed by atoms with Crippen molar-refractivity contribution in [2.75, 3.05) is 0 Å². The molecule has 2 aromatic rings. The summed E-state index contributed by atoms with van der Waals surface area (Å²) in [5, 5.41) is 0. The van der Waals surface area contributed by atoms with E-state index in [1.54, 1.807) is 10.8 Å². The van der Waals surface area contributed by atoms with Crippen LogP contribution in [0.15, 0.2) is 35.3 Å². The average Bonchev–Trinajstić information content (AvgIpc) is 2.61. The maximum atomic E-state index is 11.4. The zero-order valence-electron chi connectivity index (χ0n) is 8.95. The first-order chi connectivity index (χ1) is 7.22. The molecule has 3 nitrogen and oxygen atoms in total. The molecule has 0 bridgehead atoms. The molecule has 2 rings (SSSR count). The smallest absolute Gasteiger partial charge is 0.312 e. The summed E-state index contributed by atoms with van der Waals surface area (Å²) in [6.07, 6.45) is 1.76. The van der Waals surface area contributed by atoms with Gasteiger partial charge in [0.1, 0.15) is 0 Å². The number of aromatic nitrogens is 2. The Morgan fingerprint density at radius 1 is 1.27 bits per heavy atom. The molecule has 0 radical (unpaired) electrons. The molecule has 15 heavy (non-hydrogen) atoms. The molecule has 0 fully saturated rings. The van der Waals surface area contributed by atoms with Crippen LogP contribution in [-0.4, -0.2) is 9.55 Å². The predicted molar refractivity (Wildman–Crippen MR) is 60.9 cm³/mol. The van der Waals surface area contributed by atoms with Gasteiger partial charge in [0.15, 0.2) is 0 Å². The van der Waals surface area contributed by atoms with Crippen molar-refractivity contribution in [3.05, 3.63) is 46.5 Å². The number of imidazole rings is 1. The second kappa shape index (κ2) is 3.77. The highest BCUT2D eigenvalue weighted by atomic mass is 16.1. The van der Waals surface area contributed by atoms with Crippen LogP contribution < -0.4 is 5.69 Å². The molecule has 0 aliphatic carbocycles. The van der Waals surface area contributed by atoms with Crippen LogP contribution in [-0.2, 0) is 6.54 Å². The molecule has 0 saturated carbocycles. The van der Waals surface area contributed by atoms with Gasteiger partial charge in [-0.05, 0) is 19.4 Å². The summed E-state index contributed by atoms with van der Waals surface area (Å²) in [5.41, 5.74) is 3.19. The Bertz CT molecular complexity index is 505. The topological polar surface area (TPSA) is 37.8 Å². The molecule has 1 aromatic heterocycles. The average molecular weight is 202 g/mol. The van der Waals surface area contributed by atoms with Crippen molar-refractivity contribution in [1.82, 2.24) is 9.55 Å². The second-order valence-corrected chi connectivity index (χ2v) is 3.59. The van der Waals surface area contributed by atoms with E-state index in [-0.39, 0.29) is 5.69 Å². The van der Waals surface area contributed by atoms with Crippen LogP contribution in [0.25, 0.3) is 11.3 Å². The van der Waals surface area contributed by atoms with Gasteiger partial charge in [0.05, 0.1) is 5.69 Å². The quantitative estimate of drug-likeness (QED) is 0.796. The number of benzene rings is 1. The Morgan fingerprint density at radius 3 is 2.53 bits per heavy atom. The van der Waals surface area contributed by atoms with Gasteiger partial charge < -0.3 is 4.98 Å². The van der Waals surface area contributed by atoms with Crippen LogP contribution in [0.4, 0.5) is 0 Å². The lowest BCUT2D eigenvalue weighted by Crippen LogP contribution is -2.16. The summed E-state index contributed by atoms with van der Waals surface area (Å²) < 4.78 is 1.73. The number of H-pyrrole nitrogens is 1. The van der Waals surface area contributed by atoms with Gasteiger partial charge in [-0.3, -0.25) is 4.57 Å². The van der Waals surface area contributed by atoms with Crippen molar-refractivity contribution in [3.8, 4) is 11.3 Å². The monoisotopic (exact) mass is 202 g/mol. The van der Waals surface area contributed by atoms with E-state index in [0.29, 0.717) is 6.54 Å². The van der Waals surface area contributed by atoms with Gasteiger partial charge in [-0.25, -0.2) is 4.79 Å². The van der Waals surface area contributed by atoms with Gasteiger partial charge >= 0.3 is 5.69 Å². The van der Waals surface area contributed by atoms with E-state index in [9.17, 15) is 4.79 Å². The highest BCUT2D eigenvalue weighted by molar-refractivity contribution is 5.59. The number of aromatic amines is 1. The Labute approximate surface area is 88.4 Å². The molecule has 0 amide bonds. The standard InChI is InChI=1S/C12H14N2O/c1-3-14-11(8-13-12(14)15)10-6-4-9(2)5-7-10/h4-8H,3H2,1-2H3,(H,13,15). The summed E-state index contributed by atoms with van der Waals surface area (Å²) in [7, 11) is 0. The fourth-order valence-corrected chi connectivity index (χ4v) is 1.67. The molecule has 0 aliphatic heterocycles. The molecule has 1 aromatic carbocycles. The molecule has 0 spiro atoms. The summed E-state index contributed by atoms with van der Waals surface area (Å²) >= 11 is 0. The lowest BCUT2D eigenvalue weighted by atomic mass is 10.1. The first-order valence-electron chi connectivity index (χ1n) is 5.07. The Balaban J connectivity index is 2.54. The van der Waals surface area contributed by atoms with Crippen LogP contribution in [0.1, 0.15) is 12.5 Å². The van der Waals surface area contributed by atoms with Crippen LogP contribution in [0.5, 0.6) is 0 Å². The molecule has 78 valence electrons. The number of hydrogen-bond acceptors (Lipinski definition) is 1. The maximum absolute atomic E-state index is 11.4. The van der Waals surface area contributed by atoms with Gasteiger partial charge in [-0.2, -0.15) is 0 Å². The van der Waals surface area contributed by atoms with Gasteiger partial charge in [0.2, 0.25) is 0 Å². The second-order valence-electron chi connectivity index (χ2n) is 3.59. The van der Waals surface area contributed by atoms with E-state index in [2.05, 4.69) is 4.98 Å². The van der Waals surface area contributed by atoms with Crippen LogP contribution in [0.3, 0.4) is 0 Å². The molecule has 0 atom stereocenters. The fourth-order valence-electron chi connectivity index (χ4n) is 1.67. The van der Waals surface area contributed by atoms with E-state index in [1.165, 1.54) is 5.56 Å². The molecular formula is C12H14N2O. The van der Waals surface area contributed by atoms with Crippen molar-refractivity contribution in [2.24, 2.45) is 0 Å². The van der Waals surface area contributed by atoms with E-state index in [4.69, 9.17) is 0 Å². The molecule has 1 N–H and O–H groups in total. The minimum Gasteiger partial charge on any atom is -0.312 e. The Hall–Kier alpha value is -1.77.